The average molecular weight is 350 g/mol. The fourth-order valence-corrected chi connectivity index (χ4v) is 2.46. The Morgan fingerprint density at radius 1 is 1.04 bits per heavy atom. The van der Waals surface area contributed by atoms with Crippen LogP contribution in [0.2, 0.25) is 0 Å². The molecule has 8 heteroatoms. The molecule has 2 amide bonds. The standard InChI is InChI=1S/C15H30N2O5S/c1-3-4-5-6-7-8-9-10-15(19)17(2)13-14(18)16-11-12-23(20,21)22/h3-13H2,1-2H3,(H,16,18)(H,20,21,22). The van der Waals surface area contributed by atoms with Gasteiger partial charge in [-0.3, -0.25) is 14.1 Å². The quantitative estimate of drug-likeness (QED) is 0.388. The van der Waals surface area contributed by atoms with E-state index in [0.717, 1.165) is 19.3 Å². The predicted octanol–water partition coefficient (Wildman–Crippen LogP) is 1.59. The number of nitrogens with one attached hydrogen (secondary N) is 1. The van der Waals surface area contributed by atoms with Crippen molar-refractivity contribution in [2.75, 3.05) is 25.9 Å². The van der Waals surface area contributed by atoms with E-state index >= 15 is 0 Å². The Kier molecular flexibility index (Phi) is 11.7. The number of rotatable bonds is 13. The van der Waals surface area contributed by atoms with Crippen LogP contribution in [-0.2, 0) is 19.7 Å². The molecule has 0 aliphatic heterocycles. The lowest BCUT2D eigenvalue weighted by Crippen LogP contribution is -2.39. The highest BCUT2D eigenvalue weighted by atomic mass is 32.2. The zero-order valence-electron chi connectivity index (χ0n) is 14.2. The molecule has 0 aliphatic carbocycles. The van der Waals surface area contributed by atoms with E-state index < -0.39 is 21.8 Å². The first kappa shape index (κ1) is 21.9. The first-order valence-corrected chi connectivity index (χ1v) is 9.83. The number of likely N-dealkylation sites (N-methyl/N-ethyl adjacent to an activating group) is 1. The molecule has 0 heterocycles. The summed E-state index contributed by atoms with van der Waals surface area (Å²) in [7, 11) is -2.54. The smallest absolute Gasteiger partial charge is 0.266 e. The largest absolute Gasteiger partial charge is 0.353 e. The fourth-order valence-electron chi connectivity index (χ4n) is 2.10. The van der Waals surface area contributed by atoms with Gasteiger partial charge in [0.1, 0.15) is 0 Å². The minimum Gasteiger partial charge on any atom is -0.353 e. The van der Waals surface area contributed by atoms with Crippen molar-refractivity contribution in [3.63, 3.8) is 0 Å². The first-order valence-electron chi connectivity index (χ1n) is 8.22. The summed E-state index contributed by atoms with van der Waals surface area (Å²) >= 11 is 0. The van der Waals surface area contributed by atoms with E-state index in [0.29, 0.717) is 6.42 Å². The minimum atomic E-state index is -4.08. The van der Waals surface area contributed by atoms with Crippen LogP contribution in [0, 0.1) is 0 Å². The topological polar surface area (TPSA) is 104 Å². The Morgan fingerprint density at radius 2 is 1.61 bits per heavy atom. The van der Waals surface area contributed by atoms with E-state index in [9.17, 15) is 18.0 Å². The monoisotopic (exact) mass is 350 g/mol. The van der Waals surface area contributed by atoms with Crippen LogP contribution >= 0.6 is 0 Å². The number of amides is 2. The molecule has 136 valence electrons. The summed E-state index contributed by atoms with van der Waals surface area (Å²) in [5, 5.41) is 2.35. The van der Waals surface area contributed by atoms with E-state index in [1.165, 1.54) is 30.6 Å². The maximum absolute atomic E-state index is 11.9. The highest BCUT2D eigenvalue weighted by molar-refractivity contribution is 7.85. The van der Waals surface area contributed by atoms with Crippen LogP contribution in [0.25, 0.3) is 0 Å². The van der Waals surface area contributed by atoms with Crippen molar-refractivity contribution in [2.45, 2.75) is 58.3 Å². The third-order valence-corrected chi connectivity index (χ3v) is 4.20. The minimum absolute atomic E-state index is 0.0940. The van der Waals surface area contributed by atoms with Gasteiger partial charge >= 0.3 is 0 Å². The van der Waals surface area contributed by atoms with Crippen molar-refractivity contribution in [1.29, 1.82) is 0 Å². The lowest BCUT2D eigenvalue weighted by Gasteiger charge is -2.16. The lowest BCUT2D eigenvalue weighted by molar-refractivity contribution is -0.134. The van der Waals surface area contributed by atoms with Crippen molar-refractivity contribution in [2.24, 2.45) is 0 Å². The molecule has 0 radical (unpaired) electrons. The maximum Gasteiger partial charge on any atom is 0.266 e. The normalized spacial score (nSPS) is 11.3. The molecule has 0 unspecified atom stereocenters. The molecule has 0 bridgehead atoms. The number of carbonyl (C=O) groups excluding carboxylic acids is 2. The molecule has 0 atom stereocenters. The number of hydrogen-bond donors (Lipinski definition) is 2. The Morgan fingerprint density at radius 3 is 2.17 bits per heavy atom. The van der Waals surface area contributed by atoms with Crippen LogP contribution in [0.3, 0.4) is 0 Å². The molecular formula is C15H30N2O5S. The highest BCUT2D eigenvalue weighted by Gasteiger charge is 2.13. The molecule has 2 N–H and O–H groups in total. The van der Waals surface area contributed by atoms with Gasteiger partial charge in [-0.05, 0) is 6.42 Å². The van der Waals surface area contributed by atoms with Gasteiger partial charge in [-0.2, -0.15) is 8.42 Å². The van der Waals surface area contributed by atoms with E-state index in [-0.39, 0.29) is 19.0 Å². The number of nitrogens with zero attached hydrogens (tertiary/aromatic N) is 1. The third kappa shape index (κ3) is 14.2. The molecule has 0 spiro atoms. The van der Waals surface area contributed by atoms with Gasteiger partial charge in [0.2, 0.25) is 11.8 Å². The van der Waals surface area contributed by atoms with Crippen molar-refractivity contribution < 1.29 is 22.6 Å². The molecule has 0 saturated carbocycles. The summed E-state index contributed by atoms with van der Waals surface area (Å²) in [4.78, 5) is 24.7. The molecule has 7 nitrogen and oxygen atoms in total. The van der Waals surface area contributed by atoms with Crippen LogP contribution in [-0.4, -0.2) is 55.6 Å². The second-order valence-corrected chi connectivity index (χ2v) is 7.33. The first-order chi connectivity index (χ1) is 10.8. The zero-order valence-corrected chi connectivity index (χ0v) is 15.0. The summed E-state index contributed by atoms with van der Waals surface area (Å²) in [5.74, 6) is -1.07. The third-order valence-electron chi connectivity index (χ3n) is 3.48. The zero-order chi connectivity index (χ0) is 17.7. The van der Waals surface area contributed by atoms with Crippen LogP contribution in [0.1, 0.15) is 58.3 Å². The molecule has 23 heavy (non-hydrogen) atoms. The van der Waals surface area contributed by atoms with Crippen LogP contribution in [0.15, 0.2) is 0 Å². The fraction of sp³-hybridized carbons (Fsp3) is 0.867. The van der Waals surface area contributed by atoms with Gasteiger partial charge in [-0.15, -0.1) is 0 Å². The predicted molar refractivity (Wildman–Crippen MR) is 89.7 cm³/mol. The van der Waals surface area contributed by atoms with Crippen LogP contribution in [0.4, 0.5) is 0 Å². The molecule has 0 aromatic rings. The second kappa shape index (κ2) is 12.3. The lowest BCUT2D eigenvalue weighted by atomic mass is 10.1. The molecular weight excluding hydrogens is 320 g/mol. The Labute approximate surface area is 139 Å². The van der Waals surface area contributed by atoms with Gasteiger partial charge in [0.15, 0.2) is 0 Å². The van der Waals surface area contributed by atoms with Crippen molar-refractivity contribution >= 4 is 21.9 Å². The molecule has 0 aliphatic rings. The molecule has 0 saturated heterocycles. The summed E-state index contributed by atoms with van der Waals surface area (Å²) in [6.45, 7) is 1.89. The van der Waals surface area contributed by atoms with Crippen molar-refractivity contribution in [3.05, 3.63) is 0 Å². The van der Waals surface area contributed by atoms with E-state index in [1.54, 1.807) is 7.05 Å². The van der Waals surface area contributed by atoms with E-state index in [1.807, 2.05) is 0 Å². The number of unbranched alkanes of at least 4 members (excludes halogenated alkanes) is 6. The van der Waals surface area contributed by atoms with Crippen molar-refractivity contribution in [3.8, 4) is 0 Å². The van der Waals surface area contributed by atoms with Gasteiger partial charge in [-0.1, -0.05) is 45.4 Å². The molecule has 0 aromatic carbocycles. The Balaban J connectivity index is 3.74. The number of carbonyl (C=O) groups is 2. The van der Waals surface area contributed by atoms with Gasteiger partial charge in [0.05, 0.1) is 12.3 Å². The van der Waals surface area contributed by atoms with Crippen LogP contribution < -0.4 is 5.32 Å². The Hall–Kier alpha value is -1.15. The van der Waals surface area contributed by atoms with Gasteiger partial charge in [0.25, 0.3) is 10.1 Å². The average Bonchev–Trinajstić information content (AvgIpc) is 2.44. The maximum atomic E-state index is 11.9. The Bertz CT molecular complexity index is 451. The summed E-state index contributed by atoms with van der Waals surface area (Å²) in [6.07, 6.45) is 8.31. The number of hydrogen-bond acceptors (Lipinski definition) is 4. The van der Waals surface area contributed by atoms with Gasteiger partial charge in [-0.25, -0.2) is 0 Å². The SMILES string of the molecule is CCCCCCCCCC(=O)N(C)CC(=O)NCCS(=O)(=O)O. The van der Waals surface area contributed by atoms with Gasteiger partial charge in [0, 0.05) is 20.0 Å². The summed E-state index contributed by atoms with van der Waals surface area (Å²) < 4.78 is 29.6. The summed E-state index contributed by atoms with van der Waals surface area (Å²) in [6, 6.07) is 0. The molecule has 0 aromatic heterocycles. The molecule has 0 fully saturated rings. The second-order valence-electron chi connectivity index (χ2n) is 5.76. The molecule has 0 rings (SSSR count). The highest BCUT2D eigenvalue weighted by Crippen LogP contribution is 2.09. The summed E-state index contributed by atoms with van der Waals surface area (Å²) in [5.41, 5.74) is 0. The van der Waals surface area contributed by atoms with Crippen molar-refractivity contribution in [1.82, 2.24) is 10.2 Å². The van der Waals surface area contributed by atoms with Gasteiger partial charge < -0.3 is 10.2 Å². The van der Waals surface area contributed by atoms with E-state index in [2.05, 4.69) is 12.2 Å². The van der Waals surface area contributed by atoms with E-state index in [4.69, 9.17) is 4.55 Å². The van der Waals surface area contributed by atoms with Crippen LogP contribution in [0.5, 0.6) is 0 Å².